The molecule has 0 saturated carbocycles. The number of nitrogens with zero attached hydrogens (tertiary/aromatic N) is 1. The van der Waals surface area contributed by atoms with Crippen LogP contribution in [0.4, 0.5) is 13.2 Å². The molecular formula is C11H9F3N2O. The molecule has 6 heteroatoms. The van der Waals surface area contributed by atoms with Gasteiger partial charge in [-0.15, -0.1) is 0 Å². The molecule has 2 aromatic rings. The van der Waals surface area contributed by atoms with Crippen molar-refractivity contribution in [1.29, 1.82) is 0 Å². The Bertz CT molecular complexity index is 502. The summed E-state index contributed by atoms with van der Waals surface area (Å²) in [5, 5.41) is 0. The molecule has 90 valence electrons. The fourth-order valence-corrected chi connectivity index (χ4v) is 1.37. The average molecular weight is 242 g/mol. The van der Waals surface area contributed by atoms with Gasteiger partial charge in [0, 0.05) is 5.56 Å². The van der Waals surface area contributed by atoms with Crippen molar-refractivity contribution in [2.75, 3.05) is 0 Å². The Morgan fingerprint density at radius 1 is 1.18 bits per heavy atom. The Morgan fingerprint density at radius 2 is 1.82 bits per heavy atom. The van der Waals surface area contributed by atoms with Crippen molar-refractivity contribution in [2.45, 2.75) is 12.7 Å². The van der Waals surface area contributed by atoms with Crippen LogP contribution in [0.5, 0.6) is 0 Å². The normalized spacial score (nSPS) is 11.8. The van der Waals surface area contributed by atoms with Crippen molar-refractivity contribution in [2.24, 2.45) is 5.73 Å². The molecule has 1 aromatic heterocycles. The van der Waals surface area contributed by atoms with E-state index in [-0.39, 0.29) is 6.54 Å². The highest BCUT2D eigenvalue weighted by molar-refractivity contribution is 5.58. The zero-order valence-electron chi connectivity index (χ0n) is 8.66. The maximum Gasteiger partial charge on any atom is 0.416 e. The quantitative estimate of drug-likeness (QED) is 0.880. The fourth-order valence-electron chi connectivity index (χ4n) is 1.37. The second kappa shape index (κ2) is 4.21. The van der Waals surface area contributed by atoms with Gasteiger partial charge in [0.1, 0.15) is 12.0 Å². The maximum atomic E-state index is 12.3. The summed E-state index contributed by atoms with van der Waals surface area (Å²) in [6.07, 6.45) is -2.96. The summed E-state index contributed by atoms with van der Waals surface area (Å²) in [4.78, 5) is 4.02. The topological polar surface area (TPSA) is 52.0 Å². The Balaban J connectivity index is 2.29. The molecular weight excluding hydrogens is 233 g/mol. The smallest absolute Gasteiger partial charge is 0.416 e. The number of alkyl halides is 3. The van der Waals surface area contributed by atoms with Gasteiger partial charge >= 0.3 is 6.18 Å². The lowest BCUT2D eigenvalue weighted by molar-refractivity contribution is -0.137. The van der Waals surface area contributed by atoms with E-state index in [1.165, 1.54) is 18.4 Å². The zero-order chi connectivity index (χ0) is 12.5. The highest BCUT2D eigenvalue weighted by Crippen LogP contribution is 2.30. The lowest BCUT2D eigenvalue weighted by atomic mass is 10.1. The SMILES string of the molecule is NCc1nc(-c2ccc(C(F)(F)F)cc2)co1. The van der Waals surface area contributed by atoms with Gasteiger partial charge in [0.05, 0.1) is 12.1 Å². The predicted octanol–water partition coefficient (Wildman–Crippen LogP) is 2.82. The highest BCUT2D eigenvalue weighted by atomic mass is 19.4. The molecule has 1 aromatic carbocycles. The van der Waals surface area contributed by atoms with Crippen molar-refractivity contribution in [3.8, 4) is 11.3 Å². The second-order valence-electron chi connectivity index (χ2n) is 3.41. The van der Waals surface area contributed by atoms with Crippen LogP contribution in [-0.2, 0) is 12.7 Å². The van der Waals surface area contributed by atoms with Crippen LogP contribution in [0.3, 0.4) is 0 Å². The van der Waals surface area contributed by atoms with Crippen LogP contribution >= 0.6 is 0 Å². The first-order valence-corrected chi connectivity index (χ1v) is 4.83. The van der Waals surface area contributed by atoms with E-state index < -0.39 is 11.7 Å². The zero-order valence-corrected chi connectivity index (χ0v) is 8.66. The van der Waals surface area contributed by atoms with E-state index in [0.717, 1.165) is 12.1 Å². The van der Waals surface area contributed by atoms with Gasteiger partial charge in [0.25, 0.3) is 0 Å². The molecule has 0 aliphatic rings. The molecule has 0 spiro atoms. The van der Waals surface area contributed by atoms with Crippen LogP contribution < -0.4 is 5.73 Å². The molecule has 0 aliphatic carbocycles. The van der Waals surface area contributed by atoms with Crippen LogP contribution in [0.1, 0.15) is 11.5 Å². The van der Waals surface area contributed by atoms with E-state index in [9.17, 15) is 13.2 Å². The summed E-state index contributed by atoms with van der Waals surface area (Å²) in [6, 6.07) is 4.71. The van der Waals surface area contributed by atoms with Crippen molar-refractivity contribution in [3.63, 3.8) is 0 Å². The van der Waals surface area contributed by atoms with Gasteiger partial charge in [-0.25, -0.2) is 4.98 Å². The van der Waals surface area contributed by atoms with Gasteiger partial charge < -0.3 is 10.2 Å². The number of nitrogens with two attached hydrogens (primary N) is 1. The minimum Gasteiger partial charge on any atom is -0.447 e. The fraction of sp³-hybridized carbons (Fsp3) is 0.182. The number of hydrogen-bond donors (Lipinski definition) is 1. The summed E-state index contributed by atoms with van der Waals surface area (Å²) in [5.41, 5.74) is 5.65. The van der Waals surface area contributed by atoms with E-state index in [1.54, 1.807) is 0 Å². The number of rotatable bonds is 2. The van der Waals surface area contributed by atoms with Gasteiger partial charge in [-0.2, -0.15) is 13.2 Å². The van der Waals surface area contributed by atoms with Gasteiger partial charge in [0.15, 0.2) is 0 Å². The maximum absolute atomic E-state index is 12.3. The monoisotopic (exact) mass is 242 g/mol. The average Bonchev–Trinajstić information content (AvgIpc) is 2.76. The molecule has 17 heavy (non-hydrogen) atoms. The molecule has 0 atom stereocenters. The Kier molecular flexibility index (Phi) is 2.89. The van der Waals surface area contributed by atoms with Crippen LogP contribution in [0, 0.1) is 0 Å². The summed E-state index contributed by atoms with van der Waals surface area (Å²) < 4.78 is 42.0. The van der Waals surface area contributed by atoms with Gasteiger partial charge in [0.2, 0.25) is 5.89 Å². The first-order chi connectivity index (χ1) is 8.00. The van der Waals surface area contributed by atoms with E-state index in [4.69, 9.17) is 10.2 Å². The predicted molar refractivity (Wildman–Crippen MR) is 54.8 cm³/mol. The molecule has 0 fully saturated rings. The molecule has 0 bridgehead atoms. The third kappa shape index (κ3) is 2.47. The molecule has 0 amide bonds. The van der Waals surface area contributed by atoms with Crippen molar-refractivity contribution in [1.82, 2.24) is 4.98 Å². The second-order valence-corrected chi connectivity index (χ2v) is 3.41. The van der Waals surface area contributed by atoms with E-state index in [2.05, 4.69) is 4.98 Å². The molecule has 0 radical (unpaired) electrons. The third-order valence-corrected chi connectivity index (χ3v) is 2.23. The Morgan fingerprint density at radius 3 is 2.29 bits per heavy atom. The molecule has 2 rings (SSSR count). The third-order valence-electron chi connectivity index (χ3n) is 2.23. The van der Waals surface area contributed by atoms with E-state index in [1.807, 2.05) is 0 Å². The Labute approximate surface area is 95.1 Å². The van der Waals surface area contributed by atoms with Crippen molar-refractivity contribution < 1.29 is 17.6 Å². The number of hydrogen-bond acceptors (Lipinski definition) is 3. The van der Waals surface area contributed by atoms with Crippen LogP contribution in [0.15, 0.2) is 34.9 Å². The van der Waals surface area contributed by atoms with Crippen LogP contribution in [0.25, 0.3) is 11.3 Å². The number of halogens is 3. The molecule has 0 unspecified atom stereocenters. The van der Waals surface area contributed by atoms with Crippen molar-refractivity contribution >= 4 is 0 Å². The van der Waals surface area contributed by atoms with Gasteiger partial charge in [-0.1, -0.05) is 12.1 Å². The lowest BCUT2D eigenvalue weighted by Crippen LogP contribution is -2.04. The standard InChI is InChI=1S/C11H9F3N2O/c12-11(13,14)8-3-1-7(2-4-8)9-6-17-10(5-15)16-9/h1-4,6H,5,15H2. The van der Waals surface area contributed by atoms with Crippen LogP contribution in [0.2, 0.25) is 0 Å². The van der Waals surface area contributed by atoms with Gasteiger partial charge in [-0.05, 0) is 12.1 Å². The summed E-state index contributed by atoms with van der Waals surface area (Å²) in [6.45, 7) is 0.153. The lowest BCUT2D eigenvalue weighted by Gasteiger charge is -2.06. The number of benzene rings is 1. The Hall–Kier alpha value is -1.82. The molecule has 2 N–H and O–H groups in total. The van der Waals surface area contributed by atoms with E-state index >= 15 is 0 Å². The largest absolute Gasteiger partial charge is 0.447 e. The summed E-state index contributed by atoms with van der Waals surface area (Å²) in [7, 11) is 0. The minimum atomic E-state index is -4.33. The number of oxazole rings is 1. The molecule has 1 heterocycles. The molecule has 0 saturated heterocycles. The van der Waals surface area contributed by atoms with Crippen molar-refractivity contribution in [3.05, 3.63) is 42.0 Å². The summed E-state index contributed by atoms with van der Waals surface area (Å²) >= 11 is 0. The van der Waals surface area contributed by atoms with E-state index in [0.29, 0.717) is 17.1 Å². The highest BCUT2D eigenvalue weighted by Gasteiger charge is 2.30. The summed E-state index contributed by atoms with van der Waals surface area (Å²) in [5.74, 6) is 0.347. The number of aromatic nitrogens is 1. The first-order valence-electron chi connectivity index (χ1n) is 4.83. The van der Waals surface area contributed by atoms with Crippen LogP contribution in [-0.4, -0.2) is 4.98 Å². The minimum absolute atomic E-state index is 0.153. The van der Waals surface area contributed by atoms with Gasteiger partial charge in [-0.3, -0.25) is 0 Å². The molecule has 0 aliphatic heterocycles. The molecule has 3 nitrogen and oxygen atoms in total. The first kappa shape index (κ1) is 11.7.